The second-order valence-electron chi connectivity index (χ2n) is 6.27. The summed E-state index contributed by atoms with van der Waals surface area (Å²) in [6.07, 6.45) is 3.69. The van der Waals surface area contributed by atoms with Gasteiger partial charge in [0.1, 0.15) is 5.51 Å². The molecule has 1 aromatic carbocycles. The molecule has 1 aromatic heterocycles. The van der Waals surface area contributed by atoms with Crippen molar-refractivity contribution in [2.45, 2.75) is 38.8 Å². The largest absolute Gasteiger partial charge is 0.377 e. The molecule has 1 aliphatic heterocycles. The number of hydrogen-bond donors (Lipinski definition) is 1. The molecule has 2 heterocycles. The fourth-order valence-corrected chi connectivity index (χ4v) is 3.48. The van der Waals surface area contributed by atoms with E-state index in [0.29, 0.717) is 16.8 Å². The summed E-state index contributed by atoms with van der Waals surface area (Å²) in [5, 5.41) is 10.9. The molecule has 1 aliphatic rings. The SMILES string of the molecule is CCCO[C@@H]1CCCN(Cc2cccc(C(=O)Nc3nncs3)c2)C1. The molecule has 6 nitrogen and oxygen atoms in total. The van der Waals surface area contributed by atoms with Crippen molar-refractivity contribution >= 4 is 22.4 Å². The van der Waals surface area contributed by atoms with Crippen LogP contribution in [0.4, 0.5) is 5.13 Å². The van der Waals surface area contributed by atoms with Crippen LogP contribution in [0.1, 0.15) is 42.1 Å². The molecule has 134 valence electrons. The van der Waals surface area contributed by atoms with E-state index in [2.05, 4.69) is 33.4 Å². The van der Waals surface area contributed by atoms with E-state index < -0.39 is 0 Å². The molecule has 2 aromatic rings. The minimum absolute atomic E-state index is 0.151. The minimum Gasteiger partial charge on any atom is -0.377 e. The highest BCUT2D eigenvalue weighted by atomic mass is 32.1. The lowest BCUT2D eigenvalue weighted by molar-refractivity contribution is -0.00223. The molecule has 1 atom stereocenters. The van der Waals surface area contributed by atoms with Crippen molar-refractivity contribution < 1.29 is 9.53 Å². The summed E-state index contributed by atoms with van der Waals surface area (Å²) in [7, 11) is 0. The van der Waals surface area contributed by atoms with Gasteiger partial charge in [-0.15, -0.1) is 10.2 Å². The Kier molecular flexibility index (Phi) is 6.49. The first-order valence-electron chi connectivity index (χ1n) is 8.75. The van der Waals surface area contributed by atoms with Gasteiger partial charge in [0, 0.05) is 25.3 Å². The number of amides is 1. The monoisotopic (exact) mass is 360 g/mol. The van der Waals surface area contributed by atoms with Crippen molar-refractivity contribution in [3.63, 3.8) is 0 Å². The van der Waals surface area contributed by atoms with Crippen molar-refractivity contribution in [2.24, 2.45) is 0 Å². The van der Waals surface area contributed by atoms with Gasteiger partial charge in [0.2, 0.25) is 5.13 Å². The van der Waals surface area contributed by atoms with Crippen LogP contribution in [0.5, 0.6) is 0 Å². The lowest BCUT2D eigenvalue weighted by Crippen LogP contribution is -2.39. The number of aromatic nitrogens is 2. The van der Waals surface area contributed by atoms with Crippen LogP contribution >= 0.6 is 11.3 Å². The number of hydrogen-bond acceptors (Lipinski definition) is 6. The summed E-state index contributed by atoms with van der Waals surface area (Å²) < 4.78 is 5.90. The zero-order valence-electron chi connectivity index (χ0n) is 14.5. The van der Waals surface area contributed by atoms with Crippen LogP contribution in [-0.2, 0) is 11.3 Å². The summed E-state index contributed by atoms with van der Waals surface area (Å²) in [6.45, 7) is 5.85. The second-order valence-corrected chi connectivity index (χ2v) is 7.10. The number of anilines is 1. The number of carbonyl (C=O) groups is 1. The lowest BCUT2D eigenvalue weighted by atomic mass is 10.1. The van der Waals surface area contributed by atoms with Crippen LogP contribution in [0.2, 0.25) is 0 Å². The zero-order valence-corrected chi connectivity index (χ0v) is 15.3. The van der Waals surface area contributed by atoms with E-state index in [1.165, 1.54) is 11.3 Å². The lowest BCUT2D eigenvalue weighted by Gasteiger charge is -2.32. The molecular formula is C18H24N4O2S. The first kappa shape index (κ1) is 18.0. The Morgan fingerprint density at radius 2 is 2.40 bits per heavy atom. The molecule has 3 rings (SSSR count). The van der Waals surface area contributed by atoms with Gasteiger partial charge in [0.15, 0.2) is 0 Å². The standard InChI is InChI=1S/C18H24N4O2S/c1-2-9-24-16-7-4-8-22(12-16)11-14-5-3-6-15(10-14)17(23)20-18-21-19-13-25-18/h3,5-6,10,13,16H,2,4,7-9,11-12H2,1H3,(H,20,21,23)/t16-/m1/s1. The van der Waals surface area contributed by atoms with Crippen LogP contribution in [0.3, 0.4) is 0 Å². The summed E-state index contributed by atoms with van der Waals surface area (Å²) in [5.74, 6) is -0.151. The highest BCUT2D eigenvalue weighted by molar-refractivity contribution is 7.13. The van der Waals surface area contributed by atoms with Crippen molar-refractivity contribution in [1.82, 2.24) is 15.1 Å². The van der Waals surface area contributed by atoms with Gasteiger partial charge in [-0.3, -0.25) is 15.0 Å². The predicted molar refractivity (Wildman–Crippen MR) is 98.8 cm³/mol. The van der Waals surface area contributed by atoms with Gasteiger partial charge in [0.25, 0.3) is 5.91 Å². The van der Waals surface area contributed by atoms with Crippen LogP contribution in [0, 0.1) is 0 Å². The molecular weight excluding hydrogens is 336 g/mol. The number of carbonyl (C=O) groups excluding carboxylic acids is 1. The van der Waals surface area contributed by atoms with Crippen molar-refractivity contribution in [2.75, 3.05) is 25.0 Å². The van der Waals surface area contributed by atoms with Crippen LogP contribution in [0.25, 0.3) is 0 Å². The quantitative estimate of drug-likeness (QED) is 0.821. The Labute approximate surface area is 152 Å². The Balaban J connectivity index is 1.58. The number of ether oxygens (including phenoxy) is 1. The van der Waals surface area contributed by atoms with Gasteiger partial charge in [0.05, 0.1) is 6.10 Å². The van der Waals surface area contributed by atoms with E-state index in [1.807, 2.05) is 18.2 Å². The average Bonchev–Trinajstić information content (AvgIpc) is 3.13. The number of rotatable bonds is 7. The zero-order chi connectivity index (χ0) is 17.5. The van der Waals surface area contributed by atoms with E-state index in [4.69, 9.17) is 4.74 Å². The molecule has 1 fully saturated rings. The summed E-state index contributed by atoms with van der Waals surface area (Å²) in [4.78, 5) is 14.7. The second kappa shape index (κ2) is 9.03. The molecule has 0 spiro atoms. The van der Waals surface area contributed by atoms with Crippen molar-refractivity contribution in [3.05, 3.63) is 40.9 Å². The molecule has 0 saturated carbocycles. The third-order valence-electron chi connectivity index (χ3n) is 4.20. The van der Waals surface area contributed by atoms with Gasteiger partial charge >= 0.3 is 0 Å². The number of likely N-dealkylation sites (tertiary alicyclic amines) is 1. The maximum absolute atomic E-state index is 12.3. The van der Waals surface area contributed by atoms with Gasteiger partial charge in [-0.25, -0.2) is 0 Å². The molecule has 7 heteroatoms. The highest BCUT2D eigenvalue weighted by Gasteiger charge is 2.20. The van der Waals surface area contributed by atoms with E-state index in [1.54, 1.807) is 5.51 Å². The van der Waals surface area contributed by atoms with Crippen LogP contribution in [-0.4, -0.2) is 46.8 Å². The Morgan fingerprint density at radius 1 is 1.48 bits per heavy atom. The van der Waals surface area contributed by atoms with E-state index >= 15 is 0 Å². The van der Waals surface area contributed by atoms with Crippen LogP contribution < -0.4 is 5.32 Å². The Bertz CT molecular complexity index is 677. The third-order valence-corrected chi connectivity index (χ3v) is 4.80. The van der Waals surface area contributed by atoms with Gasteiger partial charge in [-0.1, -0.05) is 30.4 Å². The van der Waals surface area contributed by atoms with E-state index in [0.717, 1.165) is 51.1 Å². The number of benzene rings is 1. The normalized spacial score (nSPS) is 18.2. The number of nitrogens with zero attached hydrogens (tertiary/aromatic N) is 3. The van der Waals surface area contributed by atoms with Crippen LogP contribution in [0.15, 0.2) is 29.8 Å². The summed E-state index contributed by atoms with van der Waals surface area (Å²) >= 11 is 1.31. The maximum atomic E-state index is 12.3. The van der Waals surface area contributed by atoms with Crippen molar-refractivity contribution in [3.8, 4) is 0 Å². The number of nitrogens with one attached hydrogen (secondary N) is 1. The predicted octanol–water partition coefficient (Wildman–Crippen LogP) is 3.18. The Morgan fingerprint density at radius 3 is 3.20 bits per heavy atom. The third kappa shape index (κ3) is 5.32. The van der Waals surface area contributed by atoms with Gasteiger partial charge in [-0.05, 0) is 43.5 Å². The fourth-order valence-electron chi connectivity index (χ4n) is 3.04. The van der Waals surface area contributed by atoms with Gasteiger partial charge < -0.3 is 4.74 Å². The molecule has 1 amide bonds. The Hall–Kier alpha value is -1.83. The smallest absolute Gasteiger partial charge is 0.257 e. The van der Waals surface area contributed by atoms with Crippen molar-refractivity contribution in [1.29, 1.82) is 0 Å². The first-order valence-corrected chi connectivity index (χ1v) is 9.63. The first-order chi connectivity index (χ1) is 12.2. The average molecular weight is 360 g/mol. The molecule has 0 bridgehead atoms. The molecule has 0 unspecified atom stereocenters. The number of piperidine rings is 1. The highest BCUT2D eigenvalue weighted by Crippen LogP contribution is 2.18. The molecule has 1 saturated heterocycles. The maximum Gasteiger partial charge on any atom is 0.257 e. The summed E-state index contributed by atoms with van der Waals surface area (Å²) in [5.41, 5.74) is 3.38. The molecule has 0 aliphatic carbocycles. The van der Waals surface area contributed by atoms with E-state index in [-0.39, 0.29) is 5.91 Å². The van der Waals surface area contributed by atoms with E-state index in [9.17, 15) is 4.79 Å². The molecule has 1 N–H and O–H groups in total. The minimum atomic E-state index is -0.151. The molecule has 25 heavy (non-hydrogen) atoms. The summed E-state index contributed by atoms with van der Waals surface area (Å²) in [6, 6.07) is 7.77. The van der Waals surface area contributed by atoms with Gasteiger partial charge in [-0.2, -0.15) is 0 Å². The molecule has 0 radical (unpaired) electrons. The fraction of sp³-hybridized carbons (Fsp3) is 0.500. The topological polar surface area (TPSA) is 67.3 Å².